The van der Waals surface area contributed by atoms with Crippen molar-refractivity contribution in [2.75, 3.05) is 76.0 Å². The first kappa shape index (κ1) is 27.2. The van der Waals surface area contributed by atoms with Crippen LogP contribution in [0.4, 0.5) is 23.0 Å². The maximum absolute atomic E-state index is 12.4. The van der Waals surface area contributed by atoms with Crippen LogP contribution < -0.4 is 20.3 Å². The molecule has 2 aromatic heterocycles. The van der Waals surface area contributed by atoms with Gasteiger partial charge in [0.2, 0.25) is 11.9 Å². The molecule has 0 saturated carbocycles. The first-order valence-corrected chi connectivity index (χ1v) is 13.4. The van der Waals surface area contributed by atoms with Crippen LogP contribution in [0.3, 0.4) is 0 Å². The maximum atomic E-state index is 12.4. The van der Waals surface area contributed by atoms with Gasteiger partial charge in [0, 0.05) is 64.8 Å². The molecule has 2 N–H and O–H groups in total. The number of aromatic nitrogens is 3. The van der Waals surface area contributed by atoms with Crippen LogP contribution in [0.1, 0.15) is 0 Å². The number of carbonyl (C=O) groups is 1. The monoisotopic (exact) mass is 540 g/mol. The van der Waals surface area contributed by atoms with Crippen molar-refractivity contribution in [3.63, 3.8) is 0 Å². The van der Waals surface area contributed by atoms with Crippen molar-refractivity contribution in [1.82, 2.24) is 24.3 Å². The van der Waals surface area contributed by atoms with Crippen LogP contribution >= 0.6 is 0 Å². The van der Waals surface area contributed by atoms with E-state index in [2.05, 4.69) is 62.1 Å². The molecule has 0 spiro atoms. The molecule has 5 rings (SSSR count). The van der Waals surface area contributed by atoms with Gasteiger partial charge in [-0.05, 0) is 42.8 Å². The van der Waals surface area contributed by atoms with Crippen LogP contribution in [0, 0.1) is 0 Å². The molecule has 0 unspecified atom stereocenters. The molecule has 1 saturated heterocycles. The molecule has 1 aliphatic rings. The fraction of sp³-hybridized carbons (Fsp3) is 0.300. The van der Waals surface area contributed by atoms with Crippen LogP contribution in [-0.4, -0.2) is 90.7 Å². The molecule has 208 valence electrons. The zero-order chi connectivity index (χ0) is 28.1. The minimum atomic E-state index is -0.289. The Hall–Kier alpha value is -4.41. The molecular formula is C30H36N8O2. The van der Waals surface area contributed by atoms with Gasteiger partial charge >= 0.3 is 0 Å². The van der Waals surface area contributed by atoms with Crippen LogP contribution in [0.2, 0.25) is 0 Å². The minimum absolute atomic E-state index is 0.289. The average Bonchev–Trinajstić information content (AvgIpc) is 3.41. The summed E-state index contributed by atoms with van der Waals surface area (Å²) in [6, 6.07) is 15.8. The molecule has 1 amide bonds. The van der Waals surface area contributed by atoms with E-state index in [1.54, 1.807) is 13.3 Å². The Morgan fingerprint density at radius 3 is 2.70 bits per heavy atom. The van der Waals surface area contributed by atoms with E-state index in [4.69, 9.17) is 9.72 Å². The summed E-state index contributed by atoms with van der Waals surface area (Å²) in [5.41, 5.74) is 3.18. The highest BCUT2D eigenvalue weighted by Crippen LogP contribution is 2.38. The summed E-state index contributed by atoms with van der Waals surface area (Å²) in [6.07, 6.45) is 4.97. The van der Waals surface area contributed by atoms with Crippen LogP contribution in [0.15, 0.2) is 73.6 Å². The number of piperazine rings is 1. The standard InChI is InChI=1S/C30H36N8O2/c1-5-29(39)32-23-20-24(27(40-4)21-26(23)36(3)16-19-37-17-14-35(2)15-18-37)33-30-31-12-10-28(34-30)38-13-11-22-8-6-7-9-25(22)38/h5-13,20-21H,1,14-19H2,2-4H3,(H,32,39)(H,31,33,34). The van der Waals surface area contributed by atoms with Gasteiger partial charge in [0.15, 0.2) is 0 Å². The summed E-state index contributed by atoms with van der Waals surface area (Å²) in [4.78, 5) is 28.5. The van der Waals surface area contributed by atoms with E-state index in [1.807, 2.05) is 48.1 Å². The zero-order valence-electron chi connectivity index (χ0n) is 23.3. The van der Waals surface area contributed by atoms with E-state index >= 15 is 0 Å². The minimum Gasteiger partial charge on any atom is -0.494 e. The van der Waals surface area contributed by atoms with Gasteiger partial charge in [0.05, 0.1) is 29.7 Å². The SMILES string of the molecule is C=CC(=O)Nc1cc(Nc2nccc(-n3ccc4ccccc43)n2)c(OC)cc1N(C)CCN1CCN(C)CC1. The number of hydrogen-bond acceptors (Lipinski definition) is 8. The van der Waals surface area contributed by atoms with Gasteiger partial charge in [-0.2, -0.15) is 4.98 Å². The van der Waals surface area contributed by atoms with E-state index in [1.165, 1.54) is 6.08 Å². The molecule has 10 heteroatoms. The van der Waals surface area contributed by atoms with E-state index in [9.17, 15) is 4.79 Å². The number of fused-ring (bicyclic) bond motifs is 1. The number of nitrogens with zero attached hydrogens (tertiary/aromatic N) is 6. The molecule has 1 fully saturated rings. The summed E-state index contributed by atoms with van der Waals surface area (Å²) < 4.78 is 7.78. The lowest BCUT2D eigenvalue weighted by atomic mass is 10.2. The number of rotatable bonds is 10. The second-order valence-electron chi connectivity index (χ2n) is 9.94. The lowest BCUT2D eigenvalue weighted by Gasteiger charge is -2.34. The second-order valence-corrected chi connectivity index (χ2v) is 9.94. The Balaban J connectivity index is 1.41. The molecule has 1 aliphatic heterocycles. The molecule has 10 nitrogen and oxygen atoms in total. The first-order valence-electron chi connectivity index (χ1n) is 13.4. The predicted octanol–water partition coefficient (Wildman–Crippen LogP) is 3.98. The maximum Gasteiger partial charge on any atom is 0.247 e. The number of amides is 1. The van der Waals surface area contributed by atoms with Gasteiger partial charge in [-0.3, -0.25) is 9.69 Å². The number of para-hydroxylation sites is 1. The van der Waals surface area contributed by atoms with E-state index < -0.39 is 0 Å². The van der Waals surface area contributed by atoms with Crippen molar-refractivity contribution in [2.24, 2.45) is 0 Å². The lowest BCUT2D eigenvalue weighted by molar-refractivity contribution is -0.111. The van der Waals surface area contributed by atoms with Gasteiger partial charge in [0.25, 0.3) is 0 Å². The van der Waals surface area contributed by atoms with Crippen LogP contribution in [-0.2, 0) is 4.79 Å². The smallest absolute Gasteiger partial charge is 0.247 e. The Morgan fingerprint density at radius 1 is 1.12 bits per heavy atom. The summed E-state index contributed by atoms with van der Waals surface area (Å²) in [5, 5.41) is 7.38. The fourth-order valence-electron chi connectivity index (χ4n) is 4.87. The van der Waals surface area contributed by atoms with Gasteiger partial charge in [0.1, 0.15) is 11.6 Å². The highest BCUT2D eigenvalue weighted by molar-refractivity contribution is 6.02. The van der Waals surface area contributed by atoms with Gasteiger partial charge < -0.3 is 29.7 Å². The van der Waals surface area contributed by atoms with E-state index in [0.717, 1.165) is 61.7 Å². The molecule has 0 radical (unpaired) electrons. The average molecular weight is 541 g/mol. The van der Waals surface area contributed by atoms with E-state index in [-0.39, 0.29) is 5.91 Å². The van der Waals surface area contributed by atoms with Crippen molar-refractivity contribution in [1.29, 1.82) is 0 Å². The number of hydrogen-bond donors (Lipinski definition) is 2. The molecule has 40 heavy (non-hydrogen) atoms. The van der Waals surface area contributed by atoms with Crippen molar-refractivity contribution < 1.29 is 9.53 Å². The van der Waals surface area contributed by atoms with Crippen molar-refractivity contribution >= 4 is 39.8 Å². The topological polar surface area (TPSA) is 90.8 Å². The zero-order valence-corrected chi connectivity index (χ0v) is 23.3. The summed E-state index contributed by atoms with van der Waals surface area (Å²) in [6.45, 7) is 9.58. The number of benzene rings is 2. The number of ether oxygens (including phenoxy) is 1. The fourth-order valence-corrected chi connectivity index (χ4v) is 4.87. The van der Waals surface area contributed by atoms with Gasteiger partial charge in [-0.25, -0.2) is 4.98 Å². The van der Waals surface area contributed by atoms with Crippen molar-refractivity contribution in [3.05, 3.63) is 73.6 Å². The molecular weight excluding hydrogens is 504 g/mol. The highest BCUT2D eigenvalue weighted by atomic mass is 16.5. The lowest BCUT2D eigenvalue weighted by Crippen LogP contribution is -2.46. The summed E-state index contributed by atoms with van der Waals surface area (Å²) in [7, 11) is 5.80. The Kier molecular flexibility index (Phi) is 8.28. The van der Waals surface area contributed by atoms with Crippen LogP contribution in [0.5, 0.6) is 5.75 Å². The number of likely N-dealkylation sites (N-methyl/N-ethyl adjacent to an activating group) is 2. The van der Waals surface area contributed by atoms with Crippen molar-refractivity contribution in [3.8, 4) is 11.6 Å². The third-order valence-electron chi connectivity index (χ3n) is 7.25. The quantitative estimate of drug-likeness (QED) is 0.292. The third-order valence-corrected chi connectivity index (χ3v) is 7.25. The van der Waals surface area contributed by atoms with Gasteiger partial charge in [-0.1, -0.05) is 24.8 Å². The highest BCUT2D eigenvalue weighted by Gasteiger charge is 2.19. The molecule has 3 heterocycles. The molecule has 0 bridgehead atoms. The molecule has 2 aromatic carbocycles. The first-order chi connectivity index (χ1) is 19.4. The Bertz CT molecular complexity index is 1490. The third kappa shape index (κ3) is 6.08. The molecule has 4 aromatic rings. The largest absolute Gasteiger partial charge is 0.494 e. The number of nitrogens with one attached hydrogen (secondary N) is 2. The summed E-state index contributed by atoms with van der Waals surface area (Å²) in [5.74, 6) is 1.46. The van der Waals surface area contributed by atoms with Crippen molar-refractivity contribution in [2.45, 2.75) is 0 Å². The molecule has 0 atom stereocenters. The van der Waals surface area contributed by atoms with E-state index in [0.29, 0.717) is 23.1 Å². The Morgan fingerprint density at radius 2 is 1.93 bits per heavy atom. The molecule has 0 aliphatic carbocycles. The second kappa shape index (κ2) is 12.2. The predicted molar refractivity (Wildman–Crippen MR) is 161 cm³/mol. The number of methoxy groups -OCH3 is 1. The van der Waals surface area contributed by atoms with Crippen LogP contribution in [0.25, 0.3) is 16.7 Å². The summed E-state index contributed by atoms with van der Waals surface area (Å²) >= 11 is 0. The Labute approximate surface area is 234 Å². The van der Waals surface area contributed by atoms with Gasteiger partial charge in [-0.15, -0.1) is 0 Å². The normalized spacial score (nSPS) is 14.2. The number of carbonyl (C=O) groups excluding carboxylic acids is 1. The number of anilines is 4.